The Bertz CT molecular complexity index is 604. The van der Waals surface area contributed by atoms with Crippen LogP contribution < -0.4 is 5.32 Å². The summed E-state index contributed by atoms with van der Waals surface area (Å²) in [5.74, 6) is 1.23. The predicted octanol–water partition coefficient (Wildman–Crippen LogP) is 4.61. The number of fused-ring (bicyclic) bond motifs is 1. The number of rotatable bonds is 3. The van der Waals surface area contributed by atoms with Gasteiger partial charge in [-0.1, -0.05) is 33.1 Å². The summed E-state index contributed by atoms with van der Waals surface area (Å²) < 4.78 is 4.53. The van der Waals surface area contributed by atoms with Crippen molar-refractivity contribution in [3.05, 3.63) is 11.0 Å². The maximum absolute atomic E-state index is 6.05. The van der Waals surface area contributed by atoms with E-state index in [0.29, 0.717) is 17.2 Å². The second-order valence-electron chi connectivity index (χ2n) is 5.72. The minimum absolute atomic E-state index is 0.301. The van der Waals surface area contributed by atoms with Crippen LogP contribution in [0, 0.1) is 0 Å². The normalized spacial score (nSPS) is 17.0. The van der Waals surface area contributed by atoms with Crippen LogP contribution in [0.25, 0.3) is 10.2 Å². The Kier molecular flexibility index (Phi) is 4.08. The summed E-state index contributed by atoms with van der Waals surface area (Å²) in [7, 11) is 0. The van der Waals surface area contributed by atoms with Crippen molar-refractivity contribution in [3.8, 4) is 0 Å². The minimum Gasteiger partial charge on any atom is -0.367 e. The van der Waals surface area contributed by atoms with Crippen molar-refractivity contribution in [2.45, 2.75) is 57.9 Å². The van der Waals surface area contributed by atoms with Crippen LogP contribution >= 0.6 is 23.1 Å². The quantitative estimate of drug-likeness (QED) is 0.841. The molecule has 0 unspecified atom stereocenters. The van der Waals surface area contributed by atoms with Crippen LogP contribution in [0.15, 0.2) is 0 Å². The molecule has 3 rings (SSSR count). The average molecular weight is 311 g/mol. The van der Waals surface area contributed by atoms with Crippen LogP contribution in [0.5, 0.6) is 0 Å². The fraction of sp³-hybridized carbons (Fsp3) is 0.643. The molecule has 4 nitrogen and oxygen atoms in total. The zero-order chi connectivity index (χ0) is 14.1. The molecule has 2 heterocycles. The van der Waals surface area contributed by atoms with E-state index >= 15 is 0 Å². The molecule has 2 aromatic heterocycles. The lowest BCUT2D eigenvalue weighted by molar-refractivity contribution is 0.462. The van der Waals surface area contributed by atoms with Crippen molar-refractivity contribution < 1.29 is 0 Å². The highest BCUT2D eigenvalue weighted by Crippen LogP contribution is 2.33. The van der Waals surface area contributed by atoms with Gasteiger partial charge in [0.2, 0.25) is 5.28 Å². The molecule has 0 radical (unpaired) electrons. The van der Waals surface area contributed by atoms with Gasteiger partial charge in [-0.05, 0) is 41.9 Å². The van der Waals surface area contributed by atoms with Gasteiger partial charge in [0.15, 0.2) is 4.83 Å². The molecule has 0 amide bonds. The number of hydrogen-bond donors (Lipinski definition) is 1. The molecule has 0 aromatic carbocycles. The Labute approximate surface area is 128 Å². The number of nitrogens with zero attached hydrogens (tertiary/aromatic N) is 3. The highest BCUT2D eigenvalue weighted by Gasteiger charge is 2.20. The molecule has 1 N–H and O–H groups in total. The fourth-order valence-corrected chi connectivity index (χ4v) is 3.91. The summed E-state index contributed by atoms with van der Waals surface area (Å²) in [6, 6.07) is 0.498. The van der Waals surface area contributed by atoms with E-state index in [0.717, 1.165) is 21.7 Å². The third-order valence-corrected chi connectivity index (χ3v) is 4.75. The number of halogens is 1. The van der Waals surface area contributed by atoms with E-state index < -0.39 is 0 Å². The van der Waals surface area contributed by atoms with Crippen molar-refractivity contribution in [1.82, 2.24) is 14.3 Å². The molecule has 0 bridgehead atoms. The predicted molar refractivity (Wildman–Crippen MR) is 84.8 cm³/mol. The molecule has 0 spiro atoms. The molecular weight excluding hydrogens is 292 g/mol. The van der Waals surface area contributed by atoms with Crippen molar-refractivity contribution >= 4 is 39.2 Å². The third-order valence-electron chi connectivity index (χ3n) is 3.83. The number of nitrogens with one attached hydrogen (secondary N) is 1. The van der Waals surface area contributed by atoms with Gasteiger partial charge in [0, 0.05) is 6.04 Å². The number of hydrogen-bond acceptors (Lipinski definition) is 5. The van der Waals surface area contributed by atoms with Crippen LogP contribution in [0.4, 0.5) is 5.82 Å². The summed E-state index contributed by atoms with van der Waals surface area (Å²) in [5, 5.41) is 4.93. The lowest BCUT2D eigenvalue weighted by Crippen LogP contribution is -2.23. The van der Waals surface area contributed by atoms with Gasteiger partial charge in [0.05, 0.1) is 11.1 Å². The van der Waals surface area contributed by atoms with Crippen LogP contribution in [-0.4, -0.2) is 20.4 Å². The molecule has 0 saturated heterocycles. The van der Waals surface area contributed by atoms with E-state index in [9.17, 15) is 0 Å². The van der Waals surface area contributed by atoms with E-state index in [4.69, 9.17) is 11.6 Å². The van der Waals surface area contributed by atoms with Crippen molar-refractivity contribution in [3.63, 3.8) is 0 Å². The molecule has 0 aliphatic heterocycles. The number of anilines is 1. The largest absolute Gasteiger partial charge is 0.367 e. The first kappa shape index (κ1) is 14.0. The van der Waals surface area contributed by atoms with Gasteiger partial charge in [-0.2, -0.15) is 4.37 Å². The van der Waals surface area contributed by atoms with Gasteiger partial charge in [-0.15, -0.1) is 0 Å². The van der Waals surface area contributed by atoms with E-state index in [-0.39, 0.29) is 0 Å². The Morgan fingerprint density at radius 3 is 2.65 bits per heavy atom. The summed E-state index contributed by atoms with van der Waals surface area (Å²) >= 11 is 7.45. The van der Waals surface area contributed by atoms with Gasteiger partial charge in [0.25, 0.3) is 0 Å². The van der Waals surface area contributed by atoms with Crippen LogP contribution in [-0.2, 0) is 0 Å². The maximum atomic E-state index is 6.05. The summed E-state index contributed by atoms with van der Waals surface area (Å²) in [5.41, 5.74) is 1.07. The number of aromatic nitrogens is 3. The molecule has 1 saturated carbocycles. The van der Waals surface area contributed by atoms with Gasteiger partial charge in [0.1, 0.15) is 5.82 Å². The van der Waals surface area contributed by atoms with Gasteiger partial charge in [-0.25, -0.2) is 9.97 Å². The standard InChI is InChI=1S/C14H19ClN4S/c1-8(2)11-10-12(16-9-6-4-3-5-7-9)17-14(15)18-13(10)20-19-11/h8-9H,3-7H2,1-2H3,(H,16,17,18). The zero-order valence-electron chi connectivity index (χ0n) is 11.8. The third kappa shape index (κ3) is 2.74. The van der Waals surface area contributed by atoms with Gasteiger partial charge >= 0.3 is 0 Å². The molecular formula is C14H19ClN4S. The molecule has 1 aliphatic rings. The van der Waals surface area contributed by atoms with E-state index in [2.05, 4.69) is 33.5 Å². The second kappa shape index (κ2) is 5.82. The Morgan fingerprint density at radius 1 is 1.20 bits per heavy atom. The van der Waals surface area contributed by atoms with E-state index in [1.54, 1.807) is 0 Å². The fourth-order valence-electron chi connectivity index (χ4n) is 2.79. The summed E-state index contributed by atoms with van der Waals surface area (Å²) in [6.45, 7) is 4.29. The van der Waals surface area contributed by atoms with E-state index in [1.807, 2.05) is 0 Å². The van der Waals surface area contributed by atoms with Crippen LogP contribution in [0.2, 0.25) is 5.28 Å². The second-order valence-corrected chi connectivity index (χ2v) is 6.81. The highest BCUT2D eigenvalue weighted by molar-refractivity contribution is 7.13. The Morgan fingerprint density at radius 2 is 1.95 bits per heavy atom. The molecule has 6 heteroatoms. The molecule has 108 valence electrons. The first-order chi connectivity index (χ1) is 9.65. The smallest absolute Gasteiger partial charge is 0.225 e. The molecule has 2 aromatic rings. The van der Waals surface area contributed by atoms with Crippen molar-refractivity contribution in [1.29, 1.82) is 0 Å². The van der Waals surface area contributed by atoms with Crippen molar-refractivity contribution in [2.24, 2.45) is 0 Å². The lowest BCUT2D eigenvalue weighted by Gasteiger charge is -2.23. The molecule has 0 atom stereocenters. The monoisotopic (exact) mass is 310 g/mol. The van der Waals surface area contributed by atoms with E-state index in [1.165, 1.54) is 43.6 Å². The van der Waals surface area contributed by atoms with Gasteiger partial charge in [-0.3, -0.25) is 0 Å². The van der Waals surface area contributed by atoms with Crippen LogP contribution in [0.3, 0.4) is 0 Å². The molecule has 1 fully saturated rings. The van der Waals surface area contributed by atoms with Gasteiger partial charge < -0.3 is 5.32 Å². The Balaban J connectivity index is 2.00. The Hall–Kier alpha value is -0.940. The minimum atomic E-state index is 0.301. The first-order valence-electron chi connectivity index (χ1n) is 7.24. The van der Waals surface area contributed by atoms with Crippen molar-refractivity contribution in [2.75, 3.05) is 5.32 Å². The summed E-state index contributed by atoms with van der Waals surface area (Å²) in [4.78, 5) is 9.60. The van der Waals surface area contributed by atoms with Crippen LogP contribution in [0.1, 0.15) is 57.6 Å². The summed E-state index contributed by atoms with van der Waals surface area (Å²) in [6.07, 6.45) is 6.34. The molecule has 1 aliphatic carbocycles. The first-order valence-corrected chi connectivity index (χ1v) is 8.39. The SMILES string of the molecule is CC(C)c1nsc2nc(Cl)nc(NC3CCCCC3)c12. The zero-order valence-corrected chi connectivity index (χ0v) is 13.4. The lowest BCUT2D eigenvalue weighted by atomic mass is 9.95. The topological polar surface area (TPSA) is 50.7 Å². The average Bonchev–Trinajstić information content (AvgIpc) is 2.83. The highest BCUT2D eigenvalue weighted by atomic mass is 35.5. The molecule has 20 heavy (non-hydrogen) atoms. The maximum Gasteiger partial charge on any atom is 0.225 e.